The van der Waals surface area contributed by atoms with Crippen molar-refractivity contribution >= 4 is 28.5 Å². The fourth-order valence-electron chi connectivity index (χ4n) is 2.57. The van der Waals surface area contributed by atoms with Crippen LogP contribution in [0.4, 0.5) is 5.13 Å². The Kier molecular flexibility index (Phi) is 7.12. The Bertz CT molecular complexity index is 591. The second-order valence-corrected chi connectivity index (χ2v) is 7.29. The number of carbonyl (C=O) groups excluding carboxylic acids is 2. The molecule has 9 heteroatoms. The minimum absolute atomic E-state index is 0.00194. The zero-order valence-corrected chi connectivity index (χ0v) is 16.0. The van der Waals surface area contributed by atoms with Crippen molar-refractivity contribution in [2.45, 2.75) is 39.7 Å². The van der Waals surface area contributed by atoms with Crippen molar-refractivity contribution in [2.24, 2.45) is 11.7 Å². The van der Waals surface area contributed by atoms with Gasteiger partial charge in [0.05, 0.1) is 12.6 Å². The van der Waals surface area contributed by atoms with Gasteiger partial charge in [-0.15, -0.1) is 0 Å². The Labute approximate surface area is 152 Å². The van der Waals surface area contributed by atoms with Gasteiger partial charge in [0.2, 0.25) is 16.9 Å². The lowest BCUT2D eigenvalue weighted by molar-refractivity contribution is -0.133. The molecule has 0 radical (unpaired) electrons. The van der Waals surface area contributed by atoms with Gasteiger partial charge in [-0.1, -0.05) is 20.8 Å². The van der Waals surface area contributed by atoms with Crippen molar-refractivity contribution in [1.82, 2.24) is 19.6 Å². The van der Waals surface area contributed by atoms with Gasteiger partial charge in [-0.05, 0) is 12.3 Å². The molecule has 1 aromatic heterocycles. The van der Waals surface area contributed by atoms with E-state index in [2.05, 4.69) is 19.6 Å². The average Bonchev–Trinajstić information content (AvgIpc) is 2.95. The molecule has 0 unspecified atom stereocenters. The molecular formula is C16H28N6O2S. The van der Waals surface area contributed by atoms with E-state index >= 15 is 0 Å². The molecule has 2 heterocycles. The van der Waals surface area contributed by atoms with E-state index in [1.165, 1.54) is 11.5 Å². The van der Waals surface area contributed by atoms with Gasteiger partial charge in [-0.3, -0.25) is 9.59 Å². The molecule has 1 aromatic rings. The molecule has 0 aromatic carbocycles. The second kappa shape index (κ2) is 9.10. The van der Waals surface area contributed by atoms with Crippen molar-refractivity contribution in [3.63, 3.8) is 0 Å². The molecule has 2 amide bonds. The van der Waals surface area contributed by atoms with E-state index < -0.39 is 6.04 Å². The number of nitrogens with zero attached hydrogens (tertiary/aromatic N) is 4. The number of nitrogens with two attached hydrogens (primary N) is 1. The Hall–Kier alpha value is -1.74. The van der Waals surface area contributed by atoms with E-state index in [0.29, 0.717) is 13.1 Å². The first-order chi connectivity index (χ1) is 11.9. The lowest BCUT2D eigenvalue weighted by Crippen LogP contribution is -2.48. The summed E-state index contributed by atoms with van der Waals surface area (Å²) in [4.78, 5) is 32.7. The molecule has 0 aliphatic carbocycles. The smallest absolute Gasteiger partial charge is 0.242 e. The molecule has 1 fully saturated rings. The normalized spacial score (nSPS) is 16.7. The third-order valence-electron chi connectivity index (χ3n) is 4.33. The summed E-state index contributed by atoms with van der Waals surface area (Å²) >= 11 is 1.41. The number of aromatic nitrogens is 2. The van der Waals surface area contributed by atoms with Gasteiger partial charge in [0, 0.05) is 44.1 Å². The zero-order chi connectivity index (χ0) is 18.4. The maximum Gasteiger partial charge on any atom is 0.242 e. The van der Waals surface area contributed by atoms with Crippen molar-refractivity contribution in [3.8, 4) is 0 Å². The van der Waals surface area contributed by atoms with Crippen LogP contribution in [0.25, 0.3) is 0 Å². The highest BCUT2D eigenvalue weighted by atomic mass is 32.1. The maximum atomic E-state index is 12.4. The predicted octanol–water partition coefficient (Wildman–Crippen LogP) is 0.239. The van der Waals surface area contributed by atoms with E-state index in [-0.39, 0.29) is 24.3 Å². The van der Waals surface area contributed by atoms with Crippen LogP contribution in [-0.2, 0) is 16.0 Å². The highest BCUT2D eigenvalue weighted by Gasteiger charge is 2.23. The zero-order valence-electron chi connectivity index (χ0n) is 15.2. The molecule has 2 rings (SSSR count). The van der Waals surface area contributed by atoms with Crippen molar-refractivity contribution < 1.29 is 9.59 Å². The summed E-state index contributed by atoms with van der Waals surface area (Å²) in [6.45, 7) is 8.68. The van der Waals surface area contributed by atoms with Crippen molar-refractivity contribution in [2.75, 3.05) is 37.6 Å². The molecule has 0 bridgehead atoms. The van der Waals surface area contributed by atoms with Crippen LogP contribution >= 0.6 is 11.5 Å². The third kappa shape index (κ3) is 5.37. The van der Waals surface area contributed by atoms with Crippen LogP contribution in [0.1, 0.15) is 33.0 Å². The van der Waals surface area contributed by atoms with E-state index in [4.69, 9.17) is 5.73 Å². The molecule has 1 atom stereocenters. The number of rotatable bonds is 6. The fourth-order valence-corrected chi connectivity index (χ4v) is 3.37. The summed E-state index contributed by atoms with van der Waals surface area (Å²) in [7, 11) is 0. The van der Waals surface area contributed by atoms with Crippen molar-refractivity contribution in [3.05, 3.63) is 5.82 Å². The lowest BCUT2D eigenvalue weighted by atomic mass is 10.1. The monoisotopic (exact) mass is 368 g/mol. The predicted molar refractivity (Wildman–Crippen MR) is 98.5 cm³/mol. The summed E-state index contributed by atoms with van der Waals surface area (Å²) in [5, 5.41) is 3.56. The Morgan fingerprint density at radius 1 is 1.28 bits per heavy atom. The van der Waals surface area contributed by atoms with E-state index in [1.54, 1.807) is 4.90 Å². The van der Waals surface area contributed by atoms with Gasteiger partial charge >= 0.3 is 0 Å². The molecule has 1 aliphatic rings. The molecule has 1 aliphatic heterocycles. The molecule has 0 spiro atoms. The quantitative estimate of drug-likeness (QED) is 0.745. The minimum atomic E-state index is -0.586. The largest absolute Gasteiger partial charge is 0.346 e. The first-order valence-corrected chi connectivity index (χ1v) is 9.58. The molecule has 1 saturated heterocycles. The van der Waals surface area contributed by atoms with Crippen LogP contribution in [-0.4, -0.2) is 64.8 Å². The van der Waals surface area contributed by atoms with E-state index in [9.17, 15) is 9.59 Å². The van der Waals surface area contributed by atoms with Gasteiger partial charge in [-0.25, -0.2) is 4.98 Å². The van der Waals surface area contributed by atoms with Gasteiger partial charge < -0.3 is 20.9 Å². The Balaban J connectivity index is 1.83. The minimum Gasteiger partial charge on any atom is -0.346 e. The molecular weight excluding hydrogens is 340 g/mol. The van der Waals surface area contributed by atoms with Crippen LogP contribution in [0.2, 0.25) is 0 Å². The topological polar surface area (TPSA) is 104 Å². The number of aryl methyl sites for hydroxylation is 1. The number of carbonyl (C=O) groups is 2. The van der Waals surface area contributed by atoms with Crippen LogP contribution in [0, 0.1) is 5.92 Å². The highest BCUT2D eigenvalue weighted by Crippen LogP contribution is 2.19. The molecule has 3 N–H and O–H groups in total. The summed E-state index contributed by atoms with van der Waals surface area (Å²) in [6, 6.07) is -0.586. The van der Waals surface area contributed by atoms with Gasteiger partial charge in [-0.2, -0.15) is 4.37 Å². The van der Waals surface area contributed by atoms with Crippen LogP contribution in [0.5, 0.6) is 0 Å². The average molecular weight is 369 g/mol. The first kappa shape index (κ1) is 19.6. The summed E-state index contributed by atoms with van der Waals surface area (Å²) < 4.78 is 4.32. The van der Waals surface area contributed by atoms with Crippen LogP contribution in [0.15, 0.2) is 0 Å². The highest BCUT2D eigenvalue weighted by molar-refractivity contribution is 7.09. The fraction of sp³-hybridized carbons (Fsp3) is 0.750. The van der Waals surface area contributed by atoms with Gasteiger partial charge in [0.1, 0.15) is 5.82 Å². The summed E-state index contributed by atoms with van der Waals surface area (Å²) in [5.41, 5.74) is 5.79. The summed E-state index contributed by atoms with van der Waals surface area (Å²) in [6.07, 6.45) is 1.69. The molecule has 0 saturated carbocycles. The number of hydrogen-bond donors (Lipinski definition) is 2. The SMILES string of the molecule is CCc1nsc(N2CCCN(C(=O)CNC(=O)[C@@H](N)C(C)C)CC2)n1. The van der Waals surface area contributed by atoms with E-state index in [1.807, 2.05) is 20.8 Å². The van der Waals surface area contributed by atoms with Crippen molar-refractivity contribution in [1.29, 1.82) is 0 Å². The number of hydrogen-bond acceptors (Lipinski definition) is 7. The molecule has 8 nitrogen and oxygen atoms in total. The second-order valence-electron chi connectivity index (χ2n) is 6.56. The summed E-state index contributed by atoms with van der Waals surface area (Å²) in [5.74, 6) is 0.557. The first-order valence-electron chi connectivity index (χ1n) is 8.81. The number of nitrogens with one attached hydrogen (secondary N) is 1. The molecule has 25 heavy (non-hydrogen) atoms. The maximum absolute atomic E-state index is 12.4. The van der Waals surface area contributed by atoms with Gasteiger partial charge in [0.25, 0.3) is 0 Å². The van der Waals surface area contributed by atoms with Crippen LogP contribution < -0.4 is 16.0 Å². The standard InChI is InChI=1S/C16H28N6O2S/c1-4-12-19-16(25-20-12)22-7-5-6-21(8-9-22)13(23)10-18-15(24)14(17)11(2)3/h11,14H,4-10,17H2,1-3H3,(H,18,24)/t14-/m0/s1. The number of anilines is 1. The van der Waals surface area contributed by atoms with E-state index in [0.717, 1.165) is 36.9 Å². The lowest BCUT2D eigenvalue weighted by Gasteiger charge is -2.22. The Morgan fingerprint density at radius 2 is 2.04 bits per heavy atom. The van der Waals surface area contributed by atoms with Crippen LogP contribution in [0.3, 0.4) is 0 Å². The third-order valence-corrected chi connectivity index (χ3v) is 5.14. The Morgan fingerprint density at radius 3 is 2.68 bits per heavy atom. The number of amides is 2. The van der Waals surface area contributed by atoms with Gasteiger partial charge in [0.15, 0.2) is 0 Å². The molecule has 140 valence electrons.